The molecule has 0 amide bonds. The van der Waals surface area contributed by atoms with E-state index < -0.39 is 5.97 Å². The number of carbonyl (C=O) groups is 1. The van der Waals surface area contributed by atoms with Crippen molar-refractivity contribution in [3.05, 3.63) is 47.4 Å². The molecule has 0 N–H and O–H groups in total. The van der Waals surface area contributed by atoms with Gasteiger partial charge in [0.2, 0.25) is 5.76 Å². The lowest BCUT2D eigenvalue weighted by atomic mass is 10.0. The van der Waals surface area contributed by atoms with Gasteiger partial charge in [-0.25, -0.2) is 4.79 Å². The van der Waals surface area contributed by atoms with E-state index in [2.05, 4.69) is 15.7 Å². The molecule has 22 heavy (non-hydrogen) atoms. The highest BCUT2D eigenvalue weighted by Gasteiger charge is 2.22. The van der Waals surface area contributed by atoms with Crippen molar-refractivity contribution in [3.8, 4) is 5.75 Å². The maximum Gasteiger partial charge on any atom is 0.373 e. The van der Waals surface area contributed by atoms with Gasteiger partial charge in [0, 0.05) is 6.54 Å². The van der Waals surface area contributed by atoms with Crippen LogP contribution in [0.2, 0.25) is 0 Å². The Morgan fingerprint density at radius 3 is 2.91 bits per heavy atom. The van der Waals surface area contributed by atoms with Gasteiger partial charge in [0.1, 0.15) is 11.5 Å². The number of fused-ring (bicyclic) bond motifs is 1. The highest BCUT2D eigenvalue weighted by Crippen LogP contribution is 2.37. The molecule has 5 heteroatoms. The Bertz CT molecular complexity index is 663. The molecule has 0 bridgehead atoms. The normalized spacial score (nSPS) is 13.6. The van der Waals surface area contributed by atoms with Crippen molar-refractivity contribution in [2.45, 2.75) is 19.4 Å². The first-order valence-corrected chi connectivity index (χ1v) is 7.30. The van der Waals surface area contributed by atoms with Crippen LogP contribution in [-0.4, -0.2) is 26.7 Å². The number of anilines is 1. The summed E-state index contributed by atoms with van der Waals surface area (Å²) in [6.45, 7) is 1.53. The van der Waals surface area contributed by atoms with E-state index in [0.717, 1.165) is 36.6 Å². The molecule has 1 aliphatic rings. The number of ether oxygens (including phenoxy) is 2. The molecular formula is C17H19NO4. The minimum Gasteiger partial charge on any atom is -0.495 e. The topological polar surface area (TPSA) is 51.9 Å². The number of hydrogen-bond donors (Lipinski definition) is 0. The summed E-state index contributed by atoms with van der Waals surface area (Å²) < 4.78 is 15.7. The van der Waals surface area contributed by atoms with Crippen molar-refractivity contribution in [2.75, 3.05) is 25.7 Å². The Balaban J connectivity index is 1.86. The third-order valence-electron chi connectivity index (χ3n) is 3.89. The maximum atomic E-state index is 11.5. The van der Waals surface area contributed by atoms with Crippen LogP contribution in [0.1, 0.15) is 28.3 Å². The van der Waals surface area contributed by atoms with Gasteiger partial charge in [-0.05, 0) is 36.6 Å². The zero-order chi connectivity index (χ0) is 15.5. The largest absolute Gasteiger partial charge is 0.495 e. The smallest absolute Gasteiger partial charge is 0.373 e. The van der Waals surface area contributed by atoms with Gasteiger partial charge in [-0.15, -0.1) is 0 Å². The van der Waals surface area contributed by atoms with Crippen LogP contribution >= 0.6 is 0 Å². The number of rotatable bonds is 4. The second-order valence-electron chi connectivity index (χ2n) is 5.25. The van der Waals surface area contributed by atoms with E-state index in [-0.39, 0.29) is 5.76 Å². The number of benzene rings is 1. The van der Waals surface area contributed by atoms with Gasteiger partial charge in [0.15, 0.2) is 0 Å². The minimum absolute atomic E-state index is 0.231. The standard InChI is InChI=1S/C17H19NO4/c1-20-14-7-3-5-12-6-4-10-18(16(12)14)11-13-8-9-15(22-13)17(19)21-2/h3,5,7-9H,4,6,10-11H2,1-2H3. The summed E-state index contributed by atoms with van der Waals surface area (Å²) in [6.07, 6.45) is 2.14. The molecule has 1 aliphatic heterocycles. The molecule has 0 aliphatic carbocycles. The number of carbonyl (C=O) groups excluding carboxylic acids is 1. The molecule has 0 fully saturated rings. The van der Waals surface area contributed by atoms with Crippen LogP contribution in [-0.2, 0) is 17.7 Å². The van der Waals surface area contributed by atoms with Crippen LogP contribution < -0.4 is 9.64 Å². The second kappa shape index (κ2) is 6.13. The first-order chi connectivity index (χ1) is 10.7. The summed E-state index contributed by atoms with van der Waals surface area (Å²) in [5.74, 6) is 1.38. The first-order valence-electron chi connectivity index (χ1n) is 7.30. The van der Waals surface area contributed by atoms with E-state index in [4.69, 9.17) is 9.15 Å². The quantitative estimate of drug-likeness (QED) is 0.812. The molecule has 116 valence electrons. The predicted molar refractivity (Wildman–Crippen MR) is 82.4 cm³/mol. The number of hydrogen-bond acceptors (Lipinski definition) is 5. The number of methoxy groups -OCH3 is 2. The maximum absolute atomic E-state index is 11.5. The molecule has 1 aromatic carbocycles. The van der Waals surface area contributed by atoms with Crippen LogP contribution in [0.5, 0.6) is 5.75 Å². The van der Waals surface area contributed by atoms with Crippen LogP contribution in [0.25, 0.3) is 0 Å². The molecule has 0 spiro atoms. The molecule has 0 radical (unpaired) electrons. The zero-order valence-electron chi connectivity index (χ0n) is 12.8. The molecule has 2 aromatic rings. The minimum atomic E-state index is -0.456. The Kier molecular flexibility index (Phi) is 4.04. The number of nitrogens with zero attached hydrogens (tertiary/aromatic N) is 1. The molecule has 0 atom stereocenters. The van der Waals surface area contributed by atoms with Gasteiger partial charge in [-0.2, -0.15) is 0 Å². The lowest BCUT2D eigenvalue weighted by Crippen LogP contribution is -2.29. The van der Waals surface area contributed by atoms with Crippen molar-refractivity contribution in [1.82, 2.24) is 0 Å². The average molecular weight is 301 g/mol. The Morgan fingerprint density at radius 2 is 2.14 bits per heavy atom. The van der Waals surface area contributed by atoms with Gasteiger partial charge >= 0.3 is 5.97 Å². The number of para-hydroxylation sites is 1. The summed E-state index contributed by atoms with van der Waals surface area (Å²) in [5, 5.41) is 0. The van der Waals surface area contributed by atoms with Gasteiger partial charge in [0.05, 0.1) is 26.5 Å². The van der Waals surface area contributed by atoms with Gasteiger partial charge in [0.25, 0.3) is 0 Å². The SMILES string of the molecule is COC(=O)c1ccc(CN2CCCc3cccc(OC)c32)o1. The Hall–Kier alpha value is -2.43. The van der Waals surface area contributed by atoms with E-state index in [0.29, 0.717) is 6.54 Å². The van der Waals surface area contributed by atoms with Crippen molar-refractivity contribution in [3.63, 3.8) is 0 Å². The van der Waals surface area contributed by atoms with Gasteiger partial charge in [-0.3, -0.25) is 0 Å². The Labute approximate surface area is 129 Å². The van der Waals surface area contributed by atoms with E-state index in [1.807, 2.05) is 18.2 Å². The summed E-state index contributed by atoms with van der Waals surface area (Å²) in [5.41, 5.74) is 2.40. The summed E-state index contributed by atoms with van der Waals surface area (Å²) in [4.78, 5) is 13.7. The summed E-state index contributed by atoms with van der Waals surface area (Å²) in [7, 11) is 3.03. The van der Waals surface area contributed by atoms with Crippen molar-refractivity contribution >= 4 is 11.7 Å². The van der Waals surface area contributed by atoms with Crippen LogP contribution in [0.15, 0.2) is 34.7 Å². The Morgan fingerprint density at radius 1 is 1.27 bits per heavy atom. The fourth-order valence-corrected chi connectivity index (χ4v) is 2.88. The third-order valence-corrected chi connectivity index (χ3v) is 3.89. The van der Waals surface area contributed by atoms with Crippen molar-refractivity contribution in [2.24, 2.45) is 0 Å². The fraction of sp³-hybridized carbons (Fsp3) is 0.353. The highest BCUT2D eigenvalue weighted by atomic mass is 16.5. The molecule has 0 saturated heterocycles. The molecule has 0 saturated carbocycles. The van der Waals surface area contributed by atoms with E-state index in [9.17, 15) is 4.79 Å². The molecule has 0 unspecified atom stereocenters. The number of furan rings is 1. The van der Waals surface area contributed by atoms with Crippen LogP contribution in [0, 0.1) is 0 Å². The van der Waals surface area contributed by atoms with E-state index >= 15 is 0 Å². The number of esters is 1. The third kappa shape index (κ3) is 2.66. The lowest BCUT2D eigenvalue weighted by Gasteiger charge is -2.31. The van der Waals surface area contributed by atoms with E-state index in [1.54, 1.807) is 13.2 Å². The molecule has 5 nitrogen and oxygen atoms in total. The highest BCUT2D eigenvalue weighted by molar-refractivity contribution is 5.86. The second-order valence-corrected chi connectivity index (χ2v) is 5.25. The monoisotopic (exact) mass is 301 g/mol. The van der Waals surface area contributed by atoms with Gasteiger partial charge in [-0.1, -0.05) is 12.1 Å². The van der Waals surface area contributed by atoms with Crippen molar-refractivity contribution in [1.29, 1.82) is 0 Å². The zero-order valence-corrected chi connectivity index (χ0v) is 12.8. The first kappa shape index (κ1) is 14.5. The molecule has 3 rings (SSSR count). The predicted octanol–water partition coefficient (Wildman–Crippen LogP) is 3.03. The fourth-order valence-electron chi connectivity index (χ4n) is 2.88. The average Bonchev–Trinajstić information content (AvgIpc) is 3.02. The molecular weight excluding hydrogens is 282 g/mol. The molecule has 2 heterocycles. The summed E-state index contributed by atoms with van der Waals surface area (Å²) in [6, 6.07) is 9.58. The summed E-state index contributed by atoms with van der Waals surface area (Å²) >= 11 is 0. The number of aryl methyl sites for hydroxylation is 1. The van der Waals surface area contributed by atoms with E-state index in [1.165, 1.54) is 12.7 Å². The molecule has 1 aromatic heterocycles. The lowest BCUT2D eigenvalue weighted by molar-refractivity contribution is 0.0563. The van der Waals surface area contributed by atoms with Crippen LogP contribution in [0.4, 0.5) is 5.69 Å². The van der Waals surface area contributed by atoms with Gasteiger partial charge < -0.3 is 18.8 Å². The van der Waals surface area contributed by atoms with Crippen molar-refractivity contribution < 1.29 is 18.7 Å². The van der Waals surface area contributed by atoms with Crippen LogP contribution in [0.3, 0.4) is 0 Å².